The average Bonchev–Trinajstić information content (AvgIpc) is 2.02. The predicted molar refractivity (Wildman–Crippen MR) is 57.6 cm³/mol. The van der Waals surface area contributed by atoms with E-state index < -0.39 is 0 Å². The zero-order valence-corrected chi connectivity index (χ0v) is 10.00. The molecule has 0 radical (unpaired) electrons. The normalized spacial score (nSPS) is 14.1. The number of carbonyl (C=O) groups is 1. The largest absolute Gasteiger partial charge is 0.478 e. The Hall–Kier alpha value is -0.990. The van der Waals surface area contributed by atoms with Crippen LogP contribution in [0.15, 0.2) is 12.3 Å². The Morgan fingerprint density at radius 3 is 2.21 bits per heavy atom. The Morgan fingerprint density at radius 2 is 1.93 bits per heavy atom. The molecule has 0 rings (SSSR count). The van der Waals surface area contributed by atoms with E-state index in [9.17, 15) is 4.79 Å². The number of nitrogens with zero attached hydrogens (tertiary/aromatic N) is 1. The fraction of sp³-hybridized carbons (Fsp3) is 0.727. The van der Waals surface area contributed by atoms with E-state index in [1.165, 1.54) is 6.92 Å². The lowest BCUT2D eigenvalue weighted by Crippen LogP contribution is -2.45. The Balaban J connectivity index is 4.63. The lowest BCUT2D eigenvalue weighted by Gasteiger charge is -2.36. The summed E-state index contributed by atoms with van der Waals surface area (Å²) in [6, 6.07) is 0. The topological polar surface area (TPSA) is 29.5 Å². The first-order valence-electron chi connectivity index (χ1n) is 4.80. The van der Waals surface area contributed by atoms with Crippen LogP contribution in [-0.2, 0) is 9.53 Å². The van der Waals surface area contributed by atoms with Gasteiger partial charge in [0.25, 0.3) is 0 Å². The maximum atomic E-state index is 11.2. The molecule has 0 aromatic carbocycles. The molecule has 0 bridgehead atoms. The summed E-state index contributed by atoms with van der Waals surface area (Å²) in [5.74, 6) is 0.00873. The molecule has 0 heterocycles. The van der Waals surface area contributed by atoms with Crippen LogP contribution in [0.3, 0.4) is 0 Å². The van der Waals surface area contributed by atoms with Crippen LogP contribution in [0.5, 0.6) is 0 Å². The first-order valence-corrected chi connectivity index (χ1v) is 4.80. The molecule has 1 atom stereocenters. The van der Waals surface area contributed by atoms with Crippen molar-refractivity contribution < 1.29 is 9.53 Å². The maximum absolute atomic E-state index is 11.2. The molecule has 0 aliphatic carbocycles. The van der Waals surface area contributed by atoms with Crippen molar-refractivity contribution in [2.45, 2.75) is 40.8 Å². The van der Waals surface area contributed by atoms with E-state index in [0.29, 0.717) is 0 Å². The molecule has 0 fully saturated rings. The molecule has 1 unspecified atom stereocenters. The van der Waals surface area contributed by atoms with Gasteiger partial charge in [-0.2, -0.15) is 0 Å². The molecule has 1 amide bonds. The minimum atomic E-state index is -0.226. The van der Waals surface area contributed by atoms with E-state index in [-0.39, 0.29) is 17.6 Å². The second-order valence-electron chi connectivity index (χ2n) is 4.45. The zero-order valence-electron chi connectivity index (χ0n) is 10.00. The van der Waals surface area contributed by atoms with E-state index >= 15 is 0 Å². The van der Waals surface area contributed by atoms with E-state index in [0.717, 1.165) is 0 Å². The van der Waals surface area contributed by atoms with Crippen molar-refractivity contribution in [3.8, 4) is 0 Å². The Labute approximate surface area is 86.7 Å². The lowest BCUT2D eigenvalue weighted by molar-refractivity contribution is -0.145. The Morgan fingerprint density at radius 1 is 1.43 bits per heavy atom. The summed E-state index contributed by atoms with van der Waals surface area (Å²) >= 11 is 0. The maximum Gasteiger partial charge on any atom is 0.222 e. The van der Waals surface area contributed by atoms with Gasteiger partial charge in [-0.1, -0.05) is 26.8 Å². The third-order valence-corrected chi connectivity index (χ3v) is 1.93. The monoisotopic (exact) mass is 199 g/mol. The van der Waals surface area contributed by atoms with Gasteiger partial charge < -0.3 is 9.64 Å². The molecule has 0 N–H and O–H groups in total. The van der Waals surface area contributed by atoms with Crippen molar-refractivity contribution in [2.75, 3.05) is 7.05 Å². The molecule has 0 saturated carbocycles. The molecule has 3 nitrogen and oxygen atoms in total. The second kappa shape index (κ2) is 5.03. The fourth-order valence-electron chi connectivity index (χ4n) is 1.19. The van der Waals surface area contributed by atoms with Gasteiger partial charge in [0.05, 0.1) is 6.26 Å². The SMILES string of the molecule is C/C=C\OC(N(C)C(C)=O)C(C)(C)C. The molecule has 14 heavy (non-hydrogen) atoms. The van der Waals surface area contributed by atoms with Crippen molar-refractivity contribution in [3.63, 3.8) is 0 Å². The smallest absolute Gasteiger partial charge is 0.222 e. The number of hydrogen-bond donors (Lipinski definition) is 0. The van der Waals surface area contributed by atoms with Crippen LogP contribution < -0.4 is 0 Å². The molecule has 0 spiro atoms. The Bertz CT molecular complexity index is 216. The van der Waals surface area contributed by atoms with E-state index in [1.54, 1.807) is 18.2 Å². The van der Waals surface area contributed by atoms with Gasteiger partial charge in [0, 0.05) is 19.4 Å². The van der Waals surface area contributed by atoms with Gasteiger partial charge in [-0.25, -0.2) is 0 Å². The highest BCUT2D eigenvalue weighted by atomic mass is 16.5. The lowest BCUT2D eigenvalue weighted by atomic mass is 9.93. The van der Waals surface area contributed by atoms with Crippen LogP contribution >= 0.6 is 0 Å². The highest BCUT2D eigenvalue weighted by Crippen LogP contribution is 2.24. The van der Waals surface area contributed by atoms with E-state index in [1.807, 2.05) is 33.8 Å². The first kappa shape index (κ1) is 13.0. The number of rotatable bonds is 3. The van der Waals surface area contributed by atoms with Crippen LogP contribution in [0.1, 0.15) is 34.6 Å². The van der Waals surface area contributed by atoms with Crippen molar-refractivity contribution in [1.29, 1.82) is 0 Å². The first-order chi connectivity index (χ1) is 6.30. The van der Waals surface area contributed by atoms with E-state index in [4.69, 9.17) is 4.74 Å². The number of ether oxygens (including phenoxy) is 1. The summed E-state index contributed by atoms with van der Waals surface area (Å²) in [7, 11) is 1.75. The number of allylic oxidation sites excluding steroid dienone is 1. The van der Waals surface area contributed by atoms with Gasteiger partial charge >= 0.3 is 0 Å². The summed E-state index contributed by atoms with van der Waals surface area (Å²) in [5.41, 5.74) is -0.0973. The predicted octanol–water partition coefficient (Wildman–Crippen LogP) is 2.39. The minimum absolute atomic E-state index is 0.00873. The quantitative estimate of drug-likeness (QED) is 0.516. The van der Waals surface area contributed by atoms with Gasteiger partial charge in [-0.3, -0.25) is 4.79 Å². The molecule has 0 saturated heterocycles. The summed E-state index contributed by atoms with van der Waals surface area (Å²) < 4.78 is 5.50. The summed E-state index contributed by atoms with van der Waals surface area (Å²) in [6.07, 6.45) is 3.21. The van der Waals surface area contributed by atoms with Crippen molar-refractivity contribution in [1.82, 2.24) is 4.90 Å². The third-order valence-electron chi connectivity index (χ3n) is 1.93. The summed E-state index contributed by atoms with van der Waals surface area (Å²) in [6.45, 7) is 9.55. The van der Waals surface area contributed by atoms with Crippen LogP contribution in [0.2, 0.25) is 0 Å². The molecular weight excluding hydrogens is 178 g/mol. The standard InChI is InChI=1S/C11H21NO2/c1-7-8-14-10(11(3,4)5)12(6)9(2)13/h7-8,10H,1-6H3/b8-7-. The van der Waals surface area contributed by atoms with Crippen molar-refractivity contribution >= 4 is 5.91 Å². The number of amides is 1. The summed E-state index contributed by atoms with van der Waals surface area (Å²) in [4.78, 5) is 12.8. The van der Waals surface area contributed by atoms with Crippen LogP contribution in [0.4, 0.5) is 0 Å². The van der Waals surface area contributed by atoms with Crippen LogP contribution in [0.25, 0.3) is 0 Å². The van der Waals surface area contributed by atoms with Crippen molar-refractivity contribution in [2.24, 2.45) is 5.41 Å². The number of carbonyl (C=O) groups excluding carboxylic acids is 1. The van der Waals surface area contributed by atoms with Crippen LogP contribution in [-0.4, -0.2) is 24.1 Å². The van der Waals surface area contributed by atoms with Crippen molar-refractivity contribution in [3.05, 3.63) is 12.3 Å². The third kappa shape index (κ3) is 3.81. The molecule has 0 aromatic rings. The molecule has 0 aromatic heterocycles. The van der Waals surface area contributed by atoms with Crippen LogP contribution in [0, 0.1) is 5.41 Å². The molecule has 3 heteroatoms. The number of hydrogen-bond acceptors (Lipinski definition) is 2. The molecule has 0 aliphatic heterocycles. The average molecular weight is 199 g/mol. The zero-order chi connectivity index (χ0) is 11.4. The van der Waals surface area contributed by atoms with Gasteiger partial charge in [0.1, 0.15) is 0 Å². The fourth-order valence-corrected chi connectivity index (χ4v) is 1.19. The van der Waals surface area contributed by atoms with Gasteiger partial charge in [0.2, 0.25) is 5.91 Å². The van der Waals surface area contributed by atoms with Gasteiger partial charge in [-0.15, -0.1) is 0 Å². The highest BCUT2D eigenvalue weighted by Gasteiger charge is 2.30. The van der Waals surface area contributed by atoms with Gasteiger partial charge in [-0.05, 0) is 6.92 Å². The summed E-state index contributed by atoms with van der Waals surface area (Å²) in [5, 5.41) is 0. The molecular formula is C11H21NO2. The molecule has 82 valence electrons. The molecule has 0 aliphatic rings. The second-order valence-corrected chi connectivity index (χ2v) is 4.45. The Kier molecular flexibility index (Phi) is 4.68. The highest BCUT2D eigenvalue weighted by molar-refractivity contribution is 5.73. The minimum Gasteiger partial charge on any atom is -0.478 e. The van der Waals surface area contributed by atoms with E-state index in [2.05, 4.69) is 0 Å². The van der Waals surface area contributed by atoms with Gasteiger partial charge in [0.15, 0.2) is 6.23 Å².